The summed E-state index contributed by atoms with van der Waals surface area (Å²) in [6.45, 7) is 0. The molecular formula is C12H24Cl2N2O2. The second kappa shape index (κ2) is 6.73. The molecule has 6 atom stereocenters. The van der Waals surface area contributed by atoms with Crippen molar-refractivity contribution >= 4 is 24.8 Å². The fraction of sp³-hybridized carbons (Fsp3) is 1.00. The molecule has 4 N–H and O–H groups in total. The van der Waals surface area contributed by atoms with Crippen LogP contribution in [0, 0.1) is 0 Å². The molecule has 6 heteroatoms. The Balaban J connectivity index is 0.000000162. The number of rotatable bonds is 0. The van der Waals surface area contributed by atoms with Crippen molar-refractivity contribution < 1.29 is 10.2 Å². The maximum absolute atomic E-state index is 9.16. The molecule has 4 rings (SSSR count). The Hall–Kier alpha value is 0.420. The highest BCUT2D eigenvalue weighted by molar-refractivity contribution is 5.85. The van der Waals surface area contributed by atoms with Gasteiger partial charge in [-0.1, -0.05) is 0 Å². The number of fused-ring (bicyclic) bond motifs is 4. The average molecular weight is 299 g/mol. The molecule has 0 amide bonds. The van der Waals surface area contributed by atoms with Crippen LogP contribution < -0.4 is 10.6 Å². The standard InChI is InChI=1S/2C6H11NO.2ClH/c2*8-6-3-4-1-2-5(6)7-4;;/h2*4-8H,1-3H2;2*1H/t2*4-,5+,6+;;/m10../s1. The molecular weight excluding hydrogens is 275 g/mol. The molecule has 0 aromatic heterocycles. The van der Waals surface area contributed by atoms with E-state index in [1.807, 2.05) is 0 Å². The summed E-state index contributed by atoms with van der Waals surface area (Å²) in [5.41, 5.74) is 0. The van der Waals surface area contributed by atoms with E-state index in [1.165, 1.54) is 25.7 Å². The highest BCUT2D eigenvalue weighted by Gasteiger charge is 2.38. The second-order valence-corrected chi connectivity index (χ2v) is 5.70. The summed E-state index contributed by atoms with van der Waals surface area (Å²) in [4.78, 5) is 0. The summed E-state index contributed by atoms with van der Waals surface area (Å²) in [6.07, 6.45) is 6.85. The number of aliphatic hydroxyl groups excluding tert-OH is 2. The Labute approximate surface area is 121 Å². The Morgan fingerprint density at radius 2 is 1.06 bits per heavy atom. The summed E-state index contributed by atoms with van der Waals surface area (Å²) in [5.74, 6) is 0. The van der Waals surface area contributed by atoms with E-state index in [-0.39, 0.29) is 37.0 Å². The van der Waals surface area contributed by atoms with Crippen LogP contribution in [0.2, 0.25) is 0 Å². The van der Waals surface area contributed by atoms with Crippen LogP contribution in [0.4, 0.5) is 0 Å². The zero-order valence-electron chi connectivity index (χ0n) is 10.4. The van der Waals surface area contributed by atoms with Gasteiger partial charge in [0.2, 0.25) is 0 Å². The highest BCUT2D eigenvalue weighted by atomic mass is 35.5. The lowest BCUT2D eigenvalue weighted by Gasteiger charge is -2.12. The Kier molecular flexibility index (Phi) is 6.16. The van der Waals surface area contributed by atoms with Crippen LogP contribution >= 0.6 is 24.8 Å². The Morgan fingerprint density at radius 3 is 1.17 bits per heavy atom. The van der Waals surface area contributed by atoms with Gasteiger partial charge in [0.25, 0.3) is 0 Å². The molecule has 108 valence electrons. The van der Waals surface area contributed by atoms with Crippen molar-refractivity contribution in [3.05, 3.63) is 0 Å². The molecule has 4 saturated heterocycles. The maximum Gasteiger partial charge on any atom is 0.0708 e. The van der Waals surface area contributed by atoms with Crippen molar-refractivity contribution in [2.45, 2.75) is 74.9 Å². The van der Waals surface area contributed by atoms with Crippen LogP contribution in [0.15, 0.2) is 0 Å². The van der Waals surface area contributed by atoms with Gasteiger partial charge in [-0.05, 0) is 38.5 Å². The van der Waals surface area contributed by atoms with Crippen LogP contribution in [0.5, 0.6) is 0 Å². The molecule has 0 spiro atoms. The lowest BCUT2D eigenvalue weighted by molar-refractivity contribution is 0.145. The summed E-state index contributed by atoms with van der Waals surface area (Å²) in [6, 6.07) is 2.19. The predicted octanol–water partition coefficient (Wildman–Crippen LogP) is 0.587. The number of nitrogens with one attached hydrogen (secondary N) is 2. The van der Waals surface area contributed by atoms with E-state index < -0.39 is 0 Å². The largest absolute Gasteiger partial charge is 0.391 e. The van der Waals surface area contributed by atoms with Crippen molar-refractivity contribution in [1.82, 2.24) is 10.6 Å². The number of hydrogen-bond acceptors (Lipinski definition) is 4. The van der Waals surface area contributed by atoms with E-state index in [1.54, 1.807) is 0 Å². The van der Waals surface area contributed by atoms with Gasteiger partial charge in [0.05, 0.1) is 12.2 Å². The van der Waals surface area contributed by atoms with Crippen LogP contribution in [0.3, 0.4) is 0 Å². The zero-order valence-corrected chi connectivity index (χ0v) is 12.1. The average Bonchev–Trinajstić information content (AvgIpc) is 2.94. The zero-order chi connectivity index (χ0) is 11.1. The quantitative estimate of drug-likeness (QED) is 0.528. The Morgan fingerprint density at radius 1 is 0.667 bits per heavy atom. The molecule has 0 aliphatic carbocycles. The van der Waals surface area contributed by atoms with E-state index in [0.717, 1.165) is 12.8 Å². The number of halogens is 2. The summed E-state index contributed by atoms with van der Waals surface area (Å²) in [5, 5.41) is 25.0. The van der Waals surface area contributed by atoms with E-state index in [2.05, 4.69) is 10.6 Å². The number of aliphatic hydroxyl groups is 2. The van der Waals surface area contributed by atoms with Gasteiger partial charge in [-0.25, -0.2) is 0 Å². The molecule has 4 aliphatic rings. The predicted molar refractivity (Wildman–Crippen MR) is 75.6 cm³/mol. The van der Waals surface area contributed by atoms with Gasteiger partial charge >= 0.3 is 0 Å². The molecule has 4 bridgehead atoms. The first-order valence-corrected chi connectivity index (χ1v) is 6.60. The first kappa shape index (κ1) is 16.5. The van der Waals surface area contributed by atoms with Gasteiger partial charge in [-0.3, -0.25) is 0 Å². The summed E-state index contributed by atoms with van der Waals surface area (Å²) in [7, 11) is 0. The van der Waals surface area contributed by atoms with Crippen LogP contribution in [-0.2, 0) is 0 Å². The molecule has 4 fully saturated rings. The normalized spacial score (nSPS) is 47.0. The fourth-order valence-corrected chi connectivity index (χ4v) is 3.59. The lowest BCUT2D eigenvalue weighted by atomic mass is 9.98. The third-order valence-electron chi connectivity index (χ3n) is 4.53. The summed E-state index contributed by atoms with van der Waals surface area (Å²) >= 11 is 0. The molecule has 0 unspecified atom stereocenters. The van der Waals surface area contributed by atoms with Gasteiger partial charge in [0.1, 0.15) is 0 Å². The lowest BCUT2D eigenvalue weighted by Crippen LogP contribution is -2.26. The number of hydrogen-bond donors (Lipinski definition) is 4. The van der Waals surface area contributed by atoms with Crippen molar-refractivity contribution in [2.75, 3.05) is 0 Å². The van der Waals surface area contributed by atoms with E-state index >= 15 is 0 Å². The van der Waals surface area contributed by atoms with E-state index in [0.29, 0.717) is 24.2 Å². The first-order chi connectivity index (χ1) is 7.72. The summed E-state index contributed by atoms with van der Waals surface area (Å²) < 4.78 is 0. The monoisotopic (exact) mass is 298 g/mol. The molecule has 0 aromatic carbocycles. The van der Waals surface area contributed by atoms with Crippen LogP contribution in [-0.4, -0.2) is 46.6 Å². The van der Waals surface area contributed by atoms with Crippen LogP contribution in [0.25, 0.3) is 0 Å². The maximum atomic E-state index is 9.16. The molecule has 4 heterocycles. The van der Waals surface area contributed by atoms with Gasteiger partial charge in [-0.15, -0.1) is 24.8 Å². The van der Waals surface area contributed by atoms with E-state index in [9.17, 15) is 0 Å². The minimum Gasteiger partial charge on any atom is -0.391 e. The van der Waals surface area contributed by atoms with Gasteiger partial charge in [0.15, 0.2) is 0 Å². The molecule has 4 nitrogen and oxygen atoms in total. The third kappa shape index (κ3) is 3.30. The SMILES string of the molecule is Cl.Cl.O[C@@H]1C[C@@H]2CC[C@H]1N2.O[C@H]1C[C@H]2CC[C@@H]1N2. The Bertz CT molecular complexity index is 240. The van der Waals surface area contributed by atoms with Gasteiger partial charge in [0, 0.05) is 24.2 Å². The topological polar surface area (TPSA) is 64.5 Å². The molecule has 0 aromatic rings. The molecule has 4 aliphatic heterocycles. The van der Waals surface area contributed by atoms with Crippen molar-refractivity contribution in [2.24, 2.45) is 0 Å². The smallest absolute Gasteiger partial charge is 0.0708 e. The van der Waals surface area contributed by atoms with Crippen molar-refractivity contribution in [1.29, 1.82) is 0 Å². The third-order valence-corrected chi connectivity index (χ3v) is 4.53. The molecule has 0 radical (unpaired) electrons. The molecule has 0 saturated carbocycles. The second-order valence-electron chi connectivity index (χ2n) is 5.70. The van der Waals surface area contributed by atoms with Crippen molar-refractivity contribution in [3.8, 4) is 0 Å². The minimum absolute atomic E-state index is 0. The van der Waals surface area contributed by atoms with Gasteiger partial charge < -0.3 is 20.8 Å². The van der Waals surface area contributed by atoms with E-state index in [4.69, 9.17) is 10.2 Å². The molecule has 18 heavy (non-hydrogen) atoms. The van der Waals surface area contributed by atoms with Crippen LogP contribution in [0.1, 0.15) is 38.5 Å². The van der Waals surface area contributed by atoms with Crippen molar-refractivity contribution in [3.63, 3.8) is 0 Å². The highest BCUT2D eigenvalue weighted by Crippen LogP contribution is 2.28. The fourth-order valence-electron chi connectivity index (χ4n) is 3.59. The van der Waals surface area contributed by atoms with Gasteiger partial charge in [-0.2, -0.15) is 0 Å². The minimum atomic E-state index is -0.0336. The first-order valence-electron chi connectivity index (χ1n) is 6.60.